The van der Waals surface area contributed by atoms with Crippen LogP contribution in [0.5, 0.6) is 5.75 Å². The zero-order valence-electron chi connectivity index (χ0n) is 21.5. The minimum absolute atomic E-state index is 0.147. The van der Waals surface area contributed by atoms with E-state index < -0.39 is 5.60 Å². The molecular formula is C27H38N6O2. The van der Waals surface area contributed by atoms with E-state index >= 15 is 0 Å². The third-order valence-corrected chi connectivity index (χ3v) is 6.02. The Balaban J connectivity index is 0.00000167. The van der Waals surface area contributed by atoms with Crippen molar-refractivity contribution in [2.24, 2.45) is 5.73 Å². The zero-order chi connectivity index (χ0) is 25.6. The molecule has 1 atom stereocenters. The SMILES string of the molecule is CC.COC(C)(C)COc1cccc2ccc(C(=N)n3cc(CN4CCC(N)C4)ccc3=N)nc12. The standard InChI is InChI=1S/C25H32N6O2.C2H6/c1-25(2,32-3)16-33-21-6-4-5-18-8-9-20(29-23(18)21)24(28)31-14-17(7-10-22(31)27)13-30-12-11-19(26)15-30;1-2/h4-10,14,19,27-28H,11-13,15-16,26H2,1-3H3;1-2H3. The number of rotatable bonds is 7. The summed E-state index contributed by atoms with van der Waals surface area (Å²) in [5.41, 5.74) is 8.03. The van der Waals surface area contributed by atoms with Gasteiger partial charge in [0.05, 0.1) is 5.60 Å². The molecule has 3 heterocycles. The molecule has 3 aromatic rings. The second kappa shape index (κ2) is 11.6. The summed E-state index contributed by atoms with van der Waals surface area (Å²) in [4.78, 5) is 7.04. The Morgan fingerprint density at radius 2 is 1.94 bits per heavy atom. The third-order valence-electron chi connectivity index (χ3n) is 6.02. The van der Waals surface area contributed by atoms with Crippen molar-refractivity contribution < 1.29 is 9.47 Å². The van der Waals surface area contributed by atoms with Gasteiger partial charge in [0.25, 0.3) is 0 Å². The fourth-order valence-corrected chi connectivity index (χ4v) is 3.89. The number of nitrogens with zero attached hydrogens (tertiary/aromatic N) is 3. The van der Waals surface area contributed by atoms with Crippen molar-refractivity contribution in [3.63, 3.8) is 0 Å². The molecule has 0 aliphatic carbocycles. The third kappa shape index (κ3) is 6.54. The molecule has 1 aliphatic heterocycles. The van der Waals surface area contributed by atoms with Gasteiger partial charge in [0.1, 0.15) is 29.1 Å². The van der Waals surface area contributed by atoms with Crippen LogP contribution in [-0.4, -0.2) is 58.7 Å². The molecule has 0 saturated carbocycles. The molecule has 1 aromatic carbocycles. The maximum absolute atomic E-state index is 8.79. The molecule has 1 aliphatic rings. The van der Waals surface area contributed by atoms with E-state index in [9.17, 15) is 0 Å². The number of benzene rings is 1. The first-order valence-electron chi connectivity index (χ1n) is 12.2. The number of aromatic nitrogens is 2. The molecular weight excluding hydrogens is 440 g/mol. The van der Waals surface area contributed by atoms with Gasteiger partial charge in [-0.1, -0.05) is 38.1 Å². The van der Waals surface area contributed by atoms with Gasteiger partial charge in [0, 0.05) is 44.4 Å². The summed E-state index contributed by atoms with van der Waals surface area (Å²) in [6, 6.07) is 13.4. The monoisotopic (exact) mass is 478 g/mol. The Kier molecular flexibility index (Phi) is 8.77. The Labute approximate surface area is 207 Å². The highest BCUT2D eigenvalue weighted by atomic mass is 16.5. The molecule has 0 bridgehead atoms. The number of pyridine rings is 2. The van der Waals surface area contributed by atoms with Crippen LogP contribution >= 0.6 is 0 Å². The number of hydrogen-bond acceptors (Lipinski definition) is 7. The first-order chi connectivity index (χ1) is 16.8. The summed E-state index contributed by atoms with van der Waals surface area (Å²) in [5, 5.41) is 18.1. The second-order valence-corrected chi connectivity index (χ2v) is 9.20. The van der Waals surface area contributed by atoms with Crippen molar-refractivity contribution in [1.29, 1.82) is 10.8 Å². The summed E-state index contributed by atoms with van der Waals surface area (Å²) in [7, 11) is 1.66. The van der Waals surface area contributed by atoms with Crippen LogP contribution in [0.4, 0.5) is 0 Å². The molecule has 2 aromatic heterocycles. The Hall–Kier alpha value is -3.07. The normalized spacial score (nSPS) is 16.1. The summed E-state index contributed by atoms with van der Waals surface area (Å²) in [6.07, 6.45) is 2.85. The van der Waals surface area contributed by atoms with E-state index in [2.05, 4.69) is 4.90 Å². The fourth-order valence-electron chi connectivity index (χ4n) is 3.89. The Morgan fingerprint density at radius 1 is 1.17 bits per heavy atom. The van der Waals surface area contributed by atoms with Gasteiger partial charge in [-0.25, -0.2) is 4.98 Å². The lowest BCUT2D eigenvalue weighted by Gasteiger charge is -2.23. The van der Waals surface area contributed by atoms with Crippen LogP contribution in [0, 0.1) is 10.8 Å². The van der Waals surface area contributed by atoms with Gasteiger partial charge in [0.2, 0.25) is 0 Å². The highest BCUT2D eigenvalue weighted by Gasteiger charge is 2.20. The van der Waals surface area contributed by atoms with Crippen molar-refractivity contribution in [2.75, 3.05) is 26.8 Å². The number of nitrogens with two attached hydrogens (primary N) is 1. The van der Waals surface area contributed by atoms with Gasteiger partial charge in [-0.05, 0) is 44.0 Å². The van der Waals surface area contributed by atoms with E-state index in [4.69, 9.17) is 31.0 Å². The van der Waals surface area contributed by atoms with Gasteiger partial charge in [-0.15, -0.1) is 0 Å². The van der Waals surface area contributed by atoms with Gasteiger partial charge >= 0.3 is 0 Å². The van der Waals surface area contributed by atoms with Crippen molar-refractivity contribution in [3.8, 4) is 5.75 Å². The van der Waals surface area contributed by atoms with Crippen LogP contribution < -0.4 is 16.0 Å². The van der Waals surface area contributed by atoms with E-state index in [-0.39, 0.29) is 17.4 Å². The maximum atomic E-state index is 8.79. The highest BCUT2D eigenvalue weighted by molar-refractivity contribution is 5.98. The first kappa shape index (κ1) is 26.5. The molecule has 8 heteroatoms. The summed E-state index contributed by atoms with van der Waals surface area (Å²) < 4.78 is 13.0. The lowest BCUT2D eigenvalue weighted by atomic mass is 10.1. The number of nitrogens with one attached hydrogen (secondary N) is 2. The predicted molar refractivity (Wildman–Crippen MR) is 140 cm³/mol. The lowest BCUT2D eigenvalue weighted by molar-refractivity contribution is -0.0143. The van der Waals surface area contributed by atoms with Crippen LogP contribution in [0.25, 0.3) is 10.9 Å². The fraction of sp³-hybridized carbons (Fsp3) is 0.444. The quantitative estimate of drug-likeness (QED) is 0.354. The summed E-state index contributed by atoms with van der Waals surface area (Å²) in [5.74, 6) is 0.788. The molecule has 0 spiro atoms. The number of ether oxygens (including phenoxy) is 2. The molecule has 1 fully saturated rings. The van der Waals surface area contributed by atoms with Crippen molar-refractivity contribution in [3.05, 3.63) is 65.4 Å². The van der Waals surface area contributed by atoms with Crippen LogP contribution in [0.2, 0.25) is 0 Å². The Morgan fingerprint density at radius 3 is 2.63 bits per heavy atom. The molecule has 35 heavy (non-hydrogen) atoms. The van der Waals surface area contributed by atoms with Crippen LogP contribution in [0.3, 0.4) is 0 Å². The smallest absolute Gasteiger partial charge is 0.156 e. The van der Waals surface area contributed by atoms with E-state index in [0.717, 1.165) is 37.0 Å². The lowest BCUT2D eigenvalue weighted by Crippen LogP contribution is -2.31. The number of hydrogen-bond donors (Lipinski definition) is 3. The molecule has 0 amide bonds. The first-order valence-corrected chi connectivity index (χ1v) is 12.2. The van der Waals surface area contributed by atoms with Gasteiger partial charge in [-0.3, -0.25) is 20.3 Å². The molecule has 8 nitrogen and oxygen atoms in total. The van der Waals surface area contributed by atoms with Gasteiger partial charge < -0.3 is 15.2 Å². The number of para-hydroxylation sites is 1. The van der Waals surface area contributed by atoms with E-state index in [1.165, 1.54) is 0 Å². The van der Waals surface area contributed by atoms with Crippen LogP contribution in [0.1, 0.15) is 45.4 Å². The topological polar surface area (TPSA) is 113 Å². The zero-order valence-corrected chi connectivity index (χ0v) is 21.5. The highest BCUT2D eigenvalue weighted by Crippen LogP contribution is 2.25. The van der Waals surface area contributed by atoms with Gasteiger partial charge in [0.15, 0.2) is 5.84 Å². The summed E-state index contributed by atoms with van der Waals surface area (Å²) >= 11 is 0. The number of fused-ring (bicyclic) bond motifs is 1. The second-order valence-electron chi connectivity index (χ2n) is 9.20. The molecule has 4 N–H and O–H groups in total. The molecule has 1 unspecified atom stereocenters. The van der Waals surface area contributed by atoms with E-state index in [0.29, 0.717) is 23.6 Å². The molecule has 4 rings (SSSR count). The minimum atomic E-state index is -0.428. The minimum Gasteiger partial charge on any atom is -0.488 e. The summed E-state index contributed by atoms with van der Waals surface area (Å²) in [6.45, 7) is 10.9. The van der Waals surface area contributed by atoms with Crippen LogP contribution in [-0.2, 0) is 11.3 Å². The van der Waals surface area contributed by atoms with Crippen LogP contribution in [0.15, 0.2) is 48.7 Å². The average Bonchev–Trinajstić information content (AvgIpc) is 3.28. The largest absolute Gasteiger partial charge is 0.488 e. The molecule has 188 valence electrons. The van der Waals surface area contributed by atoms with Crippen molar-refractivity contribution in [1.82, 2.24) is 14.5 Å². The number of methoxy groups -OCH3 is 1. The maximum Gasteiger partial charge on any atom is 0.156 e. The Bertz CT molecular complexity index is 1220. The van der Waals surface area contributed by atoms with E-state index in [1.807, 2.05) is 70.3 Å². The number of likely N-dealkylation sites (tertiary alicyclic amines) is 1. The predicted octanol–water partition coefficient (Wildman–Crippen LogP) is 3.75. The molecule has 0 radical (unpaired) electrons. The average molecular weight is 479 g/mol. The van der Waals surface area contributed by atoms with Crippen molar-refractivity contribution >= 4 is 16.7 Å². The van der Waals surface area contributed by atoms with Crippen molar-refractivity contribution in [2.45, 2.75) is 52.3 Å². The molecule has 1 saturated heterocycles. The van der Waals surface area contributed by atoms with Gasteiger partial charge in [-0.2, -0.15) is 0 Å². The van der Waals surface area contributed by atoms with E-state index in [1.54, 1.807) is 17.7 Å².